The molecule has 0 aliphatic carbocycles. The van der Waals surface area contributed by atoms with Gasteiger partial charge < -0.3 is 11.1 Å². The normalized spacial score (nSPS) is 12.1. The average molecular weight is 312 g/mol. The van der Waals surface area contributed by atoms with Crippen LogP contribution in [0.25, 0.3) is 0 Å². The van der Waals surface area contributed by atoms with Crippen LogP contribution in [0.4, 0.5) is 5.69 Å². The van der Waals surface area contributed by atoms with Crippen molar-refractivity contribution in [1.29, 1.82) is 0 Å². The van der Waals surface area contributed by atoms with Crippen molar-refractivity contribution in [3.8, 4) is 0 Å². The highest BCUT2D eigenvalue weighted by atomic mass is 79.9. The molecular formula is C11H10BrN3OS. The molecule has 6 heteroatoms. The molecule has 17 heavy (non-hydrogen) atoms. The van der Waals surface area contributed by atoms with Gasteiger partial charge in [0.15, 0.2) is 6.04 Å². The number of nitrogens with one attached hydrogen (secondary N) is 1. The molecule has 0 bridgehead atoms. The van der Waals surface area contributed by atoms with Crippen molar-refractivity contribution in [2.45, 2.75) is 6.04 Å². The van der Waals surface area contributed by atoms with Gasteiger partial charge >= 0.3 is 0 Å². The Bertz CT molecular complexity index is 515. The van der Waals surface area contributed by atoms with E-state index in [4.69, 9.17) is 5.73 Å². The lowest BCUT2D eigenvalue weighted by molar-refractivity contribution is -0.118. The van der Waals surface area contributed by atoms with Crippen LogP contribution in [0.1, 0.15) is 11.0 Å². The molecule has 3 N–H and O–H groups in total. The zero-order valence-electron chi connectivity index (χ0n) is 8.76. The third-order valence-corrected chi connectivity index (χ3v) is 3.69. The van der Waals surface area contributed by atoms with Gasteiger partial charge in [0.2, 0.25) is 5.91 Å². The molecule has 1 unspecified atom stereocenters. The first kappa shape index (κ1) is 12.1. The minimum Gasteiger partial charge on any atom is -0.368 e. The molecule has 0 fully saturated rings. The predicted molar refractivity (Wildman–Crippen MR) is 71.8 cm³/mol. The van der Waals surface area contributed by atoms with Crippen LogP contribution in [-0.2, 0) is 4.79 Å². The molecule has 0 spiro atoms. The van der Waals surface area contributed by atoms with E-state index in [2.05, 4.69) is 26.2 Å². The zero-order chi connectivity index (χ0) is 12.3. The largest absolute Gasteiger partial charge is 0.368 e. The molecule has 1 aromatic carbocycles. The highest BCUT2D eigenvalue weighted by molar-refractivity contribution is 9.10. The molecule has 2 rings (SSSR count). The summed E-state index contributed by atoms with van der Waals surface area (Å²) in [7, 11) is 0. The van der Waals surface area contributed by atoms with Gasteiger partial charge in [-0.2, -0.15) is 0 Å². The minimum absolute atomic E-state index is 0.448. The van der Waals surface area contributed by atoms with Crippen LogP contribution in [0.3, 0.4) is 0 Å². The van der Waals surface area contributed by atoms with E-state index in [9.17, 15) is 4.79 Å². The predicted octanol–water partition coefficient (Wildman–Crippen LogP) is 2.54. The second kappa shape index (κ2) is 5.29. The molecule has 1 heterocycles. The fourth-order valence-electron chi connectivity index (χ4n) is 1.37. The first-order valence-corrected chi connectivity index (χ1v) is 6.55. The molecular weight excluding hydrogens is 302 g/mol. The monoisotopic (exact) mass is 311 g/mol. The van der Waals surface area contributed by atoms with Crippen LogP contribution in [0, 0.1) is 0 Å². The van der Waals surface area contributed by atoms with Crippen molar-refractivity contribution in [3.05, 3.63) is 45.3 Å². The molecule has 0 saturated carbocycles. The third kappa shape index (κ3) is 2.83. The zero-order valence-corrected chi connectivity index (χ0v) is 11.2. The van der Waals surface area contributed by atoms with Gasteiger partial charge in [-0.05, 0) is 28.1 Å². The van der Waals surface area contributed by atoms with E-state index in [-0.39, 0.29) is 0 Å². The van der Waals surface area contributed by atoms with Crippen molar-refractivity contribution in [3.63, 3.8) is 0 Å². The molecule has 0 aliphatic rings. The van der Waals surface area contributed by atoms with Crippen molar-refractivity contribution >= 4 is 38.9 Å². The molecule has 1 aromatic heterocycles. The second-order valence-electron chi connectivity index (χ2n) is 3.33. The summed E-state index contributed by atoms with van der Waals surface area (Å²) >= 11 is 4.80. The minimum atomic E-state index is -0.603. The molecule has 4 nitrogen and oxygen atoms in total. The molecule has 0 radical (unpaired) electrons. The van der Waals surface area contributed by atoms with Gasteiger partial charge in [0.25, 0.3) is 0 Å². The van der Waals surface area contributed by atoms with E-state index in [0.29, 0.717) is 5.01 Å². The van der Waals surface area contributed by atoms with Gasteiger partial charge in [-0.1, -0.05) is 12.1 Å². The van der Waals surface area contributed by atoms with Gasteiger partial charge in [0.1, 0.15) is 5.01 Å². The van der Waals surface area contributed by atoms with Gasteiger partial charge in [-0.25, -0.2) is 4.98 Å². The number of primary amides is 1. The maximum absolute atomic E-state index is 11.4. The number of rotatable bonds is 4. The highest BCUT2D eigenvalue weighted by Gasteiger charge is 2.20. The Hall–Kier alpha value is -1.40. The Morgan fingerprint density at radius 3 is 2.82 bits per heavy atom. The Balaban J connectivity index is 2.26. The number of amides is 1. The first-order chi connectivity index (χ1) is 8.18. The first-order valence-electron chi connectivity index (χ1n) is 4.88. The number of nitrogens with two attached hydrogens (primary N) is 1. The van der Waals surface area contributed by atoms with Crippen LogP contribution in [-0.4, -0.2) is 10.9 Å². The maximum Gasteiger partial charge on any atom is 0.247 e. The second-order valence-corrected chi connectivity index (χ2v) is 5.11. The summed E-state index contributed by atoms with van der Waals surface area (Å²) in [6.07, 6.45) is 1.65. The standard InChI is InChI=1S/C11H10BrN3OS/c12-7-3-1-2-4-8(7)15-9(10(13)16)11-14-5-6-17-11/h1-6,9,15H,(H2,13,16). The number of anilines is 1. The van der Waals surface area contributed by atoms with Crippen LogP contribution in [0.2, 0.25) is 0 Å². The molecule has 88 valence electrons. The summed E-state index contributed by atoms with van der Waals surface area (Å²) in [5.74, 6) is -0.448. The number of carbonyl (C=O) groups is 1. The Labute approximate surface area is 111 Å². The molecule has 0 saturated heterocycles. The summed E-state index contributed by atoms with van der Waals surface area (Å²) in [4.78, 5) is 15.5. The maximum atomic E-state index is 11.4. The van der Waals surface area contributed by atoms with E-state index >= 15 is 0 Å². The number of nitrogens with zero attached hydrogens (tertiary/aromatic N) is 1. The van der Waals surface area contributed by atoms with E-state index < -0.39 is 11.9 Å². The van der Waals surface area contributed by atoms with Crippen LogP contribution < -0.4 is 11.1 Å². The molecule has 1 atom stereocenters. The van der Waals surface area contributed by atoms with Crippen LogP contribution >= 0.6 is 27.3 Å². The number of hydrogen-bond acceptors (Lipinski definition) is 4. The molecule has 1 amide bonds. The van der Waals surface area contributed by atoms with E-state index in [0.717, 1.165) is 10.2 Å². The van der Waals surface area contributed by atoms with E-state index in [1.54, 1.807) is 6.20 Å². The SMILES string of the molecule is NC(=O)C(Nc1ccccc1Br)c1nccs1. The van der Waals surface area contributed by atoms with Gasteiger partial charge in [0.05, 0.1) is 0 Å². The highest BCUT2D eigenvalue weighted by Crippen LogP contribution is 2.26. The quantitative estimate of drug-likeness (QED) is 0.911. The van der Waals surface area contributed by atoms with Gasteiger partial charge in [-0.3, -0.25) is 4.79 Å². The number of halogens is 1. The number of para-hydroxylation sites is 1. The van der Waals surface area contributed by atoms with Gasteiger partial charge in [0, 0.05) is 21.7 Å². The molecule has 0 aliphatic heterocycles. The number of benzene rings is 1. The summed E-state index contributed by atoms with van der Waals surface area (Å²) in [6, 6.07) is 6.94. The third-order valence-electron chi connectivity index (χ3n) is 2.16. The Morgan fingerprint density at radius 2 is 2.24 bits per heavy atom. The van der Waals surface area contributed by atoms with Crippen molar-refractivity contribution < 1.29 is 4.79 Å². The van der Waals surface area contributed by atoms with Crippen LogP contribution in [0.15, 0.2) is 40.3 Å². The summed E-state index contributed by atoms with van der Waals surface area (Å²) in [6.45, 7) is 0. The number of thiazole rings is 1. The number of aromatic nitrogens is 1. The average Bonchev–Trinajstić information content (AvgIpc) is 2.81. The lowest BCUT2D eigenvalue weighted by atomic mass is 10.2. The van der Waals surface area contributed by atoms with Crippen molar-refractivity contribution in [2.75, 3.05) is 5.32 Å². The fourth-order valence-corrected chi connectivity index (χ4v) is 2.46. The van der Waals surface area contributed by atoms with Crippen molar-refractivity contribution in [1.82, 2.24) is 4.98 Å². The smallest absolute Gasteiger partial charge is 0.247 e. The van der Waals surface area contributed by atoms with E-state index in [1.807, 2.05) is 29.6 Å². The fraction of sp³-hybridized carbons (Fsp3) is 0.0909. The Morgan fingerprint density at radius 1 is 1.47 bits per heavy atom. The molecule has 2 aromatic rings. The Kier molecular flexibility index (Phi) is 3.75. The summed E-state index contributed by atoms with van der Waals surface area (Å²) < 4.78 is 0.878. The van der Waals surface area contributed by atoms with E-state index in [1.165, 1.54) is 11.3 Å². The lowest BCUT2D eigenvalue weighted by Gasteiger charge is -2.15. The van der Waals surface area contributed by atoms with Gasteiger partial charge in [-0.15, -0.1) is 11.3 Å². The van der Waals surface area contributed by atoms with Crippen LogP contribution in [0.5, 0.6) is 0 Å². The summed E-state index contributed by atoms with van der Waals surface area (Å²) in [5.41, 5.74) is 6.19. The lowest BCUT2D eigenvalue weighted by Crippen LogP contribution is -2.27. The summed E-state index contributed by atoms with van der Waals surface area (Å²) in [5, 5.41) is 5.55. The topological polar surface area (TPSA) is 68.0 Å². The number of hydrogen-bond donors (Lipinski definition) is 2. The number of carbonyl (C=O) groups excluding carboxylic acids is 1. The van der Waals surface area contributed by atoms with Crippen molar-refractivity contribution in [2.24, 2.45) is 5.73 Å².